The highest BCUT2D eigenvalue weighted by Crippen LogP contribution is 2.22. The minimum absolute atomic E-state index is 0.149. The highest BCUT2D eigenvalue weighted by molar-refractivity contribution is 6.28. The van der Waals surface area contributed by atoms with Crippen molar-refractivity contribution in [1.82, 2.24) is 19.5 Å². The third-order valence-corrected chi connectivity index (χ3v) is 4.87. The summed E-state index contributed by atoms with van der Waals surface area (Å²) in [7, 11) is 1.76. The van der Waals surface area contributed by atoms with Gasteiger partial charge in [-0.25, -0.2) is 4.98 Å². The molecule has 8 nitrogen and oxygen atoms in total. The molecule has 30 heavy (non-hydrogen) atoms. The average molecular weight is 422 g/mol. The molecule has 2 heterocycles. The summed E-state index contributed by atoms with van der Waals surface area (Å²) in [4.78, 5) is 25.3. The van der Waals surface area contributed by atoms with E-state index in [2.05, 4.69) is 25.6 Å². The van der Waals surface area contributed by atoms with E-state index in [0.717, 1.165) is 11.1 Å². The smallest absolute Gasteiger partial charge is 0.255 e. The molecule has 1 amide bonds. The molecule has 0 aliphatic rings. The molecule has 0 aliphatic heterocycles. The number of imidazole rings is 1. The van der Waals surface area contributed by atoms with Crippen LogP contribution in [0.3, 0.4) is 0 Å². The topological polar surface area (TPSA) is 111 Å². The monoisotopic (exact) mass is 421 g/mol. The number of aromatic nitrogens is 4. The Balaban J connectivity index is 1.52. The van der Waals surface area contributed by atoms with Gasteiger partial charge in [0.1, 0.15) is 0 Å². The van der Waals surface area contributed by atoms with Crippen molar-refractivity contribution in [1.29, 1.82) is 0 Å². The van der Waals surface area contributed by atoms with Crippen molar-refractivity contribution in [3.05, 3.63) is 70.8 Å². The first-order valence-corrected chi connectivity index (χ1v) is 9.65. The maximum Gasteiger partial charge on any atom is 0.255 e. The van der Waals surface area contributed by atoms with Crippen LogP contribution in [0.2, 0.25) is 5.28 Å². The van der Waals surface area contributed by atoms with Gasteiger partial charge in [-0.2, -0.15) is 9.97 Å². The average Bonchev–Trinajstić information content (AvgIpc) is 3.12. The summed E-state index contributed by atoms with van der Waals surface area (Å²) in [6.07, 6.45) is 1.69. The van der Waals surface area contributed by atoms with E-state index in [4.69, 9.17) is 17.3 Å². The first-order chi connectivity index (χ1) is 14.4. The minimum atomic E-state index is -0.219. The number of fused-ring (bicyclic) bond motifs is 1. The Kier molecular flexibility index (Phi) is 5.24. The minimum Gasteiger partial charge on any atom is -0.397 e. The van der Waals surface area contributed by atoms with Gasteiger partial charge in [0.15, 0.2) is 17.0 Å². The van der Waals surface area contributed by atoms with Crippen LogP contribution in [0.15, 0.2) is 48.8 Å². The van der Waals surface area contributed by atoms with Gasteiger partial charge in [-0.3, -0.25) is 4.79 Å². The number of carbonyl (C=O) groups excluding carboxylic acids is 1. The van der Waals surface area contributed by atoms with E-state index in [1.165, 1.54) is 0 Å². The van der Waals surface area contributed by atoms with E-state index in [9.17, 15) is 4.79 Å². The van der Waals surface area contributed by atoms with Gasteiger partial charge in [-0.05, 0) is 53.9 Å². The standard InChI is InChI=1S/C21H20ClN7O/c1-12-3-8-16(15(23)9-12)26-20(30)14-6-4-13(5-7-14)10-29-11-25-17-18(24-2)27-21(22)28-19(17)29/h3-9,11H,10,23H2,1-2H3,(H,26,30)(H,24,27,28). The number of aryl methyl sites for hydroxylation is 1. The molecule has 0 spiro atoms. The molecule has 152 valence electrons. The summed E-state index contributed by atoms with van der Waals surface area (Å²) >= 11 is 6.02. The Morgan fingerprint density at radius 2 is 1.93 bits per heavy atom. The number of halogens is 1. The number of rotatable bonds is 5. The number of nitrogens with two attached hydrogens (primary N) is 1. The second-order valence-electron chi connectivity index (χ2n) is 6.88. The van der Waals surface area contributed by atoms with Crippen LogP contribution in [-0.2, 0) is 6.54 Å². The van der Waals surface area contributed by atoms with Crippen molar-refractivity contribution in [2.45, 2.75) is 13.5 Å². The Labute approximate surface area is 178 Å². The van der Waals surface area contributed by atoms with Crippen molar-refractivity contribution in [2.75, 3.05) is 23.4 Å². The summed E-state index contributed by atoms with van der Waals surface area (Å²) in [5, 5.41) is 5.96. The second-order valence-corrected chi connectivity index (χ2v) is 7.22. The van der Waals surface area contributed by atoms with Crippen LogP contribution in [0, 0.1) is 6.92 Å². The maximum atomic E-state index is 12.5. The molecule has 0 fully saturated rings. The van der Waals surface area contributed by atoms with Gasteiger partial charge < -0.3 is 20.9 Å². The lowest BCUT2D eigenvalue weighted by Gasteiger charge is -2.10. The molecule has 0 atom stereocenters. The van der Waals surface area contributed by atoms with E-state index in [-0.39, 0.29) is 11.2 Å². The lowest BCUT2D eigenvalue weighted by atomic mass is 10.1. The third-order valence-electron chi connectivity index (χ3n) is 4.70. The fraction of sp³-hybridized carbons (Fsp3) is 0.143. The van der Waals surface area contributed by atoms with E-state index >= 15 is 0 Å². The Bertz CT molecular complexity index is 1230. The molecule has 4 aromatic rings. The molecule has 0 saturated carbocycles. The van der Waals surface area contributed by atoms with Gasteiger partial charge >= 0.3 is 0 Å². The highest BCUT2D eigenvalue weighted by atomic mass is 35.5. The van der Waals surface area contributed by atoms with Gasteiger partial charge in [0.25, 0.3) is 5.91 Å². The lowest BCUT2D eigenvalue weighted by Crippen LogP contribution is -2.13. The molecule has 0 saturated heterocycles. The zero-order valence-corrected chi connectivity index (χ0v) is 17.2. The van der Waals surface area contributed by atoms with E-state index in [1.807, 2.05) is 35.8 Å². The SMILES string of the molecule is CNc1nc(Cl)nc2c1ncn2Cc1ccc(C(=O)Nc2ccc(C)cc2N)cc1. The van der Waals surface area contributed by atoms with Crippen LogP contribution < -0.4 is 16.4 Å². The number of carbonyl (C=O) groups is 1. The predicted molar refractivity (Wildman–Crippen MR) is 119 cm³/mol. The predicted octanol–water partition coefficient (Wildman–Crippen LogP) is 3.71. The number of amides is 1. The molecule has 2 aromatic carbocycles. The number of hydrogen-bond acceptors (Lipinski definition) is 6. The van der Waals surface area contributed by atoms with E-state index in [0.29, 0.717) is 40.5 Å². The molecular weight excluding hydrogens is 402 g/mol. The number of hydrogen-bond donors (Lipinski definition) is 3. The Morgan fingerprint density at radius 1 is 1.17 bits per heavy atom. The number of nitrogens with zero attached hydrogens (tertiary/aromatic N) is 4. The van der Waals surface area contributed by atoms with Gasteiger partial charge in [0.05, 0.1) is 24.2 Å². The Morgan fingerprint density at radius 3 is 2.63 bits per heavy atom. The summed E-state index contributed by atoms with van der Waals surface area (Å²) in [5.74, 6) is 0.356. The molecule has 4 rings (SSSR count). The van der Waals surface area contributed by atoms with Gasteiger partial charge in [-0.15, -0.1) is 0 Å². The van der Waals surface area contributed by atoms with Crippen molar-refractivity contribution in [3.8, 4) is 0 Å². The van der Waals surface area contributed by atoms with Gasteiger partial charge in [0, 0.05) is 12.6 Å². The van der Waals surface area contributed by atoms with Crippen molar-refractivity contribution < 1.29 is 4.79 Å². The fourth-order valence-corrected chi connectivity index (χ4v) is 3.32. The third kappa shape index (κ3) is 3.90. The van der Waals surface area contributed by atoms with E-state index < -0.39 is 0 Å². The van der Waals surface area contributed by atoms with Crippen LogP contribution >= 0.6 is 11.6 Å². The first kappa shape index (κ1) is 19.7. The van der Waals surface area contributed by atoms with Crippen molar-refractivity contribution in [3.63, 3.8) is 0 Å². The quantitative estimate of drug-likeness (QED) is 0.334. The van der Waals surface area contributed by atoms with E-state index in [1.54, 1.807) is 31.6 Å². The van der Waals surface area contributed by atoms with Crippen LogP contribution in [0.1, 0.15) is 21.5 Å². The summed E-state index contributed by atoms with van der Waals surface area (Å²) in [6.45, 7) is 2.48. The number of nitrogens with one attached hydrogen (secondary N) is 2. The van der Waals surface area contributed by atoms with Crippen LogP contribution in [0.5, 0.6) is 0 Å². The molecule has 9 heteroatoms. The largest absolute Gasteiger partial charge is 0.397 e. The van der Waals surface area contributed by atoms with Crippen LogP contribution in [0.25, 0.3) is 11.2 Å². The zero-order valence-electron chi connectivity index (χ0n) is 16.5. The number of nitrogen functional groups attached to an aromatic ring is 1. The highest BCUT2D eigenvalue weighted by Gasteiger charge is 2.13. The Hall–Kier alpha value is -3.65. The van der Waals surface area contributed by atoms with Gasteiger partial charge in [0.2, 0.25) is 5.28 Å². The second kappa shape index (κ2) is 8.00. The summed E-state index contributed by atoms with van der Waals surface area (Å²) in [6, 6.07) is 12.9. The van der Waals surface area contributed by atoms with Crippen molar-refractivity contribution >= 4 is 45.9 Å². The molecule has 0 radical (unpaired) electrons. The van der Waals surface area contributed by atoms with Gasteiger partial charge in [-0.1, -0.05) is 18.2 Å². The van der Waals surface area contributed by atoms with Crippen molar-refractivity contribution in [2.24, 2.45) is 0 Å². The molecule has 0 unspecified atom stereocenters. The number of anilines is 3. The summed E-state index contributed by atoms with van der Waals surface area (Å²) < 4.78 is 1.88. The lowest BCUT2D eigenvalue weighted by molar-refractivity contribution is 0.102. The number of benzene rings is 2. The molecule has 0 aliphatic carbocycles. The fourth-order valence-electron chi connectivity index (χ4n) is 3.16. The summed E-state index contributed by atoms with van der Waals surface area (Å²) in [5.41, 5.74) is 11.0. The van der Waals surface area contributed by atoms with Crippen LogP contribution in [-0.4, -0.2) is 32.5 Å². The maximum absolute atomic E-state index is 12.5. The first-order valence-electron chi connectivity index (χ1n) is 9.27. The molecular formula is C21H20ClN7O. The normalized spacial score (nSPS) is 10.9. The molecule has 0 bridgehead atoms. The van der Waals surface area contributed by atoms with Crippen LogP contribution in [0.4, 0.5) is 17.2 Å². The molecule has 4 N–H and O–H groups in total. The zero-order chi connectivity index (χ0) is 21.3. The molecule has 2 aromatic heterocycles.